The molecule has 0 fully saturated rings. The molecule has 91 valence electrons. The molecule has 0 saturated heterocycles. The molecule has 0 rings (SSSR count). The van der Waals surface area contributed by atoms with Crippen LogP contribution in [0.2, 0.25) is 0 Å². The van der Waals surface area contributed by atoms with Crippen LogP contribution in [0, 0.1) is 0 Å². The quantitative estimate of drug-likeness (QED) is 0.179. The molecule has 0 bridgehead atoms. The van der Waals surface area contributed by atoms with E-state index in [0.29, 0.717) is 0 Å². The van der Waals surface area contributed by atoms with Gasteiger partial charge in [0.25, 0.3) is 0 Å². The summed E-state index contributed by atoms with van der Waals surface area (Å²) in [6, 6.07) is 0. The second-order valence-electron chi connectivity index (χ2n) is 1.03. The van der Waals surface area contributed by atoms with Crippen molar-refractivity contribution in [3.63, 3.8) is 0 Å². The van der Waals surface area contributed by atoms with Gasteiger partial charge in [0.15, 0.2) is 0 Å². The zero-order valence-corrected chi connectivity index (χ0v) is 12.7. The smallest absolute Gasteiger partial charge is 1.00 e. The van der Waals surface area contributed by atoms with Crippen LogP contribution in [-0.4, -0.2) is 29.4 Å². The van der Waals surface area contributed by atoms with Gasteiger partial charge in [-0.05, 0) is 0 Å². The van der Waals surface area contributed by atoms with Gasteiger partial charge in [-0.1, -0.05) is 0 Å². The summed E-state index contributed by atoms with van der Waals surface area (Å²) in [7, 11) is -9.28. The van der Waals surface area contributed by atoms with E-state index in [4.69, 9.17) is 38.5 Å². The fraction of sp³-hybridized carbons (Fsp3) is 0. The maximum atomic E-state index is 8.88. The average molecular weight is 379 g/mol. The molecule has 8 nitrogen and oxygen atoms in total. The van der Waals surface area contributed by atoms with E-state index in [0.717, 1.165) is 0 Å². The van der Waals surface area contributed by atoms with E-state index >= 15 is 0 Å². The number of hydrogen-bond acceptors (Lipinski definition) is 2. The van der Waals surface area contributed by atoms with Crippen LogP contribution in [-0.2, 0) is 60.3 Å². The summed E-state index contributed by atoms with van der Waals surface area (Å²) in [5.41, 5.74) is 0. The Kier molecular flexibility index (Phi) is 55.4. The molecule has 0 amide bonds. The molecule has 6 N–H and O–H groups in total. The first-order valence-electron chi connectivity index (χ1n) is 1.57. The third-order valence-electron chi connectivity index (χ3n) is 0. The van der Waals surface area contributed by atoms with Gasteiger partial charge in [0.1, 0.15) is 0 Å². The molecule has 0 atom stereocenters. The summed E-state index contributed by atoms with van der Waals surface area (Å²) in [6.45, 7) is 0. The van der Waals surface area contributed by atoms with Gasteiger partial charge in [-0.15, -0.1) is 0 Å². The molecule has 0 spiro atoms. The van der Waals surface area contributed by atoms with Gasteiger partial charge in [-0.25, -0.2) is 9.13 Å². The van der Waals surface area contributed by atoms with Crippen LogP contribution >= 0.6 is 15.6 Å². The van der Waals surface area contributed by atoms with Gasteiger partial charge in [0.05, 0.1) is 0 Å². The molecule has 1 radical (unpaired) electrons. The molecule has 0 heterocycles. The summed E-state index contributed by atoms with van der Waals surface area (Å²) in [4.78, 5) is 43.1. The van der Waals surface area contributed by atoms with Crippen molar-refractivity contribution in [3.8, 4) is 0 Å². The molecule has 0 unspecified atom stereocenters. The molecule has 0 aliphatic heterocycles. The molecule has 0 aromatic heterocycles. The Bertz CT molecular complexity index is 150. The minimum atomic E-state index is -4.64. The third kappa shape index (κ3) is 430. The minimum Gasteiger partial charge on any atom is -1.00 e. The van der Waals surface area contributed by atoms with Gasteiger partial charge < -0.3 is 32.2 Å². The Morgan fingerprint density at radius 1 is 0.667 bits per heavy atom. The zero-order valence-electron chi connectivity index (χ0n) is 9.48. The van der Waals surface area contributed by atoms with Crippen LogP contribution in [0.3, 0.4) is 0 Å². The minimum absolute atomic E-state index is 0. The van der Waals surface area contributed by atoms with Crippen molar-refractivity contribution < 1.29 is 130 Å². The number of hydrogen-bond donors (Lipinski definition) is 6. The fourth-order valence-corrected chi connectivity index (χ4v) is 0. The molecule has 0 aliphatic rings. The van der Waals surface area contributed by atoms with E-state index in [2.05, 4.69) is 0 Å². The van der Waals surface area contributed by atoms with Crippen molar-refractivity contribution in [2.45, 2.75) is 0 Å². The Balaban J connectivity index is -0.00000000762. The van der Waals surface area contributed by atoms with E-state index in [1.807, 2.05) is 0 Å². The van der Waals surface area contributed by atoms with Gasteiger partial charge >= 0.3 is 53.4 Å². The zero-order chi connectivity index (χ0) is 9.00. The van der Waals surface area contributed by atoms with Crippen molar-refractivity contribution in [1.82, 2.24) is 0 Å². The maximum Gasteiger partial charge on any atom is 1.00 e. The van der Waals surface area contributed by atoms with Gasteiger partial charge in [0.2, 0.25) is 0 Å². The number of rotatable bonds is 0. The Labute approximate surface area is 145 Å². The summed E-state index contributed by atoms with van der Waals surface area (Å²) in [5.74, 6) is 0. The third-order valence-corrected chi connectivity index (χ3v) is 0. The van der Waals surface area contributed by atoms with Crippen LogP contribution < -0.4 is 37.7 Å². The van der Waals surface area contributed by atoms with E-state index < -0.39 is 15.6 Å². The van der Waals surface area contributed by atoms with Crippen molar-refractivity contribution in [2.75, 3.05) is 0 Å². The molecule has 0 aromatic carbocycles. The van der Waals surface area contributed by atoms with Crippen molar-refractivity contribution in [2.24, 2.45) is 0 Å². The summed E-state index contributed by atoms with van der Waals surface area (Å²) in [6.07, 6.45) is 0. The van der Waals surface area contributed by atoms with Gasteiger partial charge in [-0.3, -0.25) is 0 Å². The summed E-state index contributed by atoms with van der Waals surface area (Å²) < 4.78 is 17.8. The molecule has 0 saturated carbocycles. The van der Waals surface area contributed by atoms with E-state index in [-0.39, 0.29) is 91.8 Å². The molecule has 15 heavy (non-hydrogen) atoms. The Morgan fingerprint density at radius 2 is 0.667 bits per heavy atom. The van der Waals surface area contributed by atoms with E-state index in [1.165, 1.54) is 0 Å². The standard InChI is InChI=1S/2Fe.2Li.Mn.2H3O4P.2H/c;;;;;2*1-5(2,3)4;;/h;;;;;2*(H3,1,2,3,4);;/q;;2*+1;;;;2*-1. The van der Waals surface area contributed by atoms with E-state index in [9.17, 15) is 0 Å². The second kappa shape index (κ2) is 19.3. The molecular weight excluding hydrogens is 370 g/mol. The van der Waals surface area contributed by atoms with Crippen molar-refractivity contribution in [1.29, 1.82) is 0 Å². The molecule has 15 heteroatoms. The van der Waals surface area contributed by atoms with Crippen LogP contribution in [0.5, 0.6) is 0 Å². The van der Waals surface area contributed by atoms with Crippen LogP contribution in [0.15, 0.2) is 0 Å². The monoisotopic (exact) mass is 379 g/mol. The topological polar surface area (TPSA) is 156 Å². The molecule has 0 aliphatic carbocycles. The predicted octanol–water partition coefficient (Wildman–Crippen LogP) is -7.63. The first-order valence-corrected chi connectivity index (χ1v) is 4.70. The normalized spacial score (nSPS) is 7.87. The van der Waals surface area contributed by atoms with Crippen LogP contribution in [0.25, 0.3) is 0 Å². The van der Waals surface area contributed by atoms with Gasteiger partial charge in [-0.2, -0.15) is 0 Å². The first-order chi connectivity index (χ1) is 4.00. The fourth-order valence-electron chi connectivity index (χ4n) is 0. The molecular formula is H8Fe2Li2MnO8P2. The SMILES string of the molecule is O=P(O)(O)O.O=P(O)(O)O.[Fe].[Fe].[H-].[H-].[Li+].[Li+].[Mn]. The van der Waals surface area contributed by atoms with Crippen molar-refractivity contribution >= 4 is 15.6 Å². The second-order valence-corrected chi connectivity index (χ2v) is 3.08. The first kappa shape index (κ1) is 43.0. The van der Waals surface area contributed by atoms with Crippen LogP contribution in [0.4, 0.5) is 0 Å². The number of phosphoric acid groups is 2. The Hall–Kier alpha value is 2.97. The van der Waals surface area contributed by atoms with Crippen molar-refractivity contribution in [3.05, 3.63) is 0 Å². The molecule has 0 aromatic rings. The Morgan fingerprint density at radius 3 is 0.667 bits per heavy atom. The largest absolute Gasteiger partial charge is 1.00 e. The summed E-state index contributed by atoms with van der Waals surface area (Å²) >= 11 is 0. The maximum absolute atomic E-state index is 8.88. The van der Waals surface area contributed by atoms with E-state index in [1.54, 1.807) is 0 Å². The predicted molar refractivity (Wildman–Crippen MR) is 30.7 cm³/mol. The average Bonchev–Trinajstić information content (AvgIpc) is 1.12. The van der Waals surface area contributed by atoms with Crippen LogP contribution in [0.1, 0.15) is 2.85 Å². The summed E-state index contributed by atoms with van der Waals surface area (Å²) in [5, 5.41) is 0. The van der Waals surface area contributed by atoms with Gasteiger partial charge in [0, 0.05) is 51.2 Å².